The normalized spacial score (nSPS) is 18.0. The van der Waals surface area contributed by atoms with E-state index in [9.17, 15) is 0 Å². The van der Waals surface area contributed by atoms with E-state index in [1.54, 1.807) is 0 Å². The number of rotatable bonds is 4. The van der Waals surface area contributed by atoms with Crippen molar-refractivity contribution in [1.29, 1.82) is 0 Å². The molecular weight excluding hydrogens is 641 g/mol. The minimum absolute atomic E-state index is 0.147. The Morgan fingerprint density at radius 3 is 2.00 bits per heavy atom. The van der Waals surface area contributed by atoms with Gasteiger partial charge in [0, 0.05) is 26.9 Å². The first kappa shape index (κ1) is 29.4. The second-order valence-corrected chi connectivity index (χ2v) is 13.6. The number of hydrogen-bond donors (Lipinski definition) is 3. The summed E-state index contributed by atoms with van der Waals surface area (Å²) in [5, 5.41) is 19.6. The summed E-state index contributed by atoms with van der Waals surface area (Å²) in [6.07, 6.45) is -0.593. The molecule has 7 aromatic carbocycles. The van der Waals surface area contributed by atoms with Crippen molar-refractivity contribution in [2.24, 2.45) is 0 Å². The monoisotopic (exact) mass is 672 g/mol. The molecule has 4 heterocycles. The Hall–Kier alpha value is -6.31. The molecule has 52 heavy (non-hydrogen) atoms. The van der Waals surface area contributed by atoms with Crippen LogP contribution < -0.4 is 16.0 Å². The lowest BCUT2D eigenvalue weighted by Crippen LogP contribution is -2.54. The van der Waals surface area contributed by atoms with Crippen molar-refractivity contribution in [2.45, 2.75) is 18.5 Å². The van der Waals surface area contributed by atoms with Crippen LogP contribution in [-0.2, 0) is 0 Å². The number of fused-ring (bicyclic) bond motifs is 8. The Balaban J connectivity index is 1.14. The highest BCUT2D eigenvalue weighted by atomic mass is 16.3. The molecule has 3 aromatic heterocycles. The first-order valence-corrected chi connectivity index (χ1v) is 17.7. The largest absolute Gasteiger partial charge is 0.456 e. The molecule has 1 fully saturated rings. The van der Waals surface area contributed by atoms with Crippen LogP contribution in [0.25, 0.3) is 76.8 Å². The van der Waals surface area contributed by atoms with Gasteiger partial charge in [0.15, 0.2) is 0 Å². The fourth-order valence-corrected chi connectivity index (χ4v) is 8.28. The predicted molar refractivity (Wildman–Crippen MR) is 210 cm³/mol. The first-order chi connectivity index (χ1) is 25.8. The maximum Gasteiger partial charge on any atom is 0.227 e. The molecule has 6 heteroatoms. The number of nitrogens with zero attached hydrogens (tertiary/aromatic N) is 1. The van der Waals surface area contributed by atoms with Gasteiger partial charge in [-0.25, -0.2) is 4.98 Å². The van der Waals surface area contributed by atoms with E-state index in [0.717, 1.165) is 77.0 Å². The summed E-state index contributed by atoms with van der Waals surface area (Å²) in [5.74, 6) is 0. The van der Waals surface area contributed by atoms with Crippen LogP contribution in [0.3, 0.4) is 0 Å². The van der Waals surface area contributed by atoms with Gasteiger partial charge in [0.25, 0.3) is 0 Å². The van der Waals surface area contributed by atoms with Crippen LogP contribution in [-0.4, -0.2) is 4.98 Å². The fourth-order valence-electron chi connectivity index (χ4n) is 8.28. The van der Waals surface area contributed by atoms with Gasteiger partial charge in [-0.15, -0.1) is 0 Å². The molecule has 0 amide bonds. The third-order valence-corrected chi connectivity index (χ3v) is 10.6. The number of nitrogens with one attached hydrogen (secondary N) is 3. The van der Waals surface area contributed by atoms with Gasteiger partial charge >= 0.3 is 0 Å². The molecule has 0 bridgehead atoms. The van der Waals surface area contributed by atoms with Crippen LogP contribution >= 0.6 is 0 Å². The molecule has 248 valence electrons. The van der Waals surface area contributed by atoms with Crippen LogP contribution in [0, 0.1) is 0 Å². The second-order valence-electron chi connectivity index (χ2n) is 13.6. The molecule has 3 atom stereocenters. The van der Waals surface area contributed by atoms with Crippen LogP contribution in [0.15, 0.2) is 167 Å². The zero-order valence-electron chi connectivity index (χ0n) is 28.0. The number of aromatic nitrogens is 1. The van der Waals surface area contributed by atoms with E-state index in [-0.39, 0.29) is 18.5 Å². The number of benzene rings is 7. The van der Waals surface area contributed by atoms with Gasteiger partial charge in [-0.3, -0.25) is 16.0 Å². The van der Waals surface area contributed by atoms with E-state index in [1.165, 1.54) is 10.8 Å². The Morgan fingerprint density at radius 2 is 1.12 bits per heavy atom. The highest BCUT2D eigenvalue weighted by Crippen LogP contribution is 2.44. The van der Waals surface area contributed by atoms with Crippen molar-refractivity contribution in [2.75, 3.05) is 0 Å². The molecule has 3 unspecified atom stereocenters. The fraction of sp³-hybridized carbons (Fsp3) is 0.0652. The molecule has 6 nitrogen and oxygen atoms in total. The smallest absolute Gasteiger partial charge is 0.227 e. The standard InChI is InChI=1S/C46H32N4O2/c1-2-13-28(14-3-1)43-48-44(33-19-11-22-38-41(33)31-17-7-9-21-37(31)51-38)50-45(49-43)34-25-24-27-12-4-6-16-30(27)40(34)32-18-10-23-39-42(32)35-26-29-15-5-8-20-36(29)47-46(35)52-39/h1-26,43-45,48-50H. The molecule has 0 saturated carbocycles. The van der Waals surface area contributed by atoms with E-state index >= 15 is 0 Å². The lowest BCUT2D eigenvalue weighted by Gasteiger charge is -2.40. The molecule has 11 rings (SSSR count). The Labute approximate surface area is 298 Å². The molecule has 0 radical (unpaired) electrons. The highest BCUT2D eigenvalue weighted by molar-refractivity contribution is 6.17. The molecule has 0 spiro atoms. The van der Waals surface area contributed by atoms with Gasteiger partial charge in [-0.05, 0) is 68.9 Å². The SMILES string of the molecule is c1ccc(C2NC(c3ccc4ccccc4c3-c3cccc4oc5nc6ccccc6cc5c34)NC(c3cccc4oc5ccccc5c34)N2)cc1. The highest BCUT2D eigenvalue weighted by Gasteiger charge is 2.33. The van der Waals surface area contributed by atoms with E-state index in [1.807, 2.05) is 30.3 Å². The minimum Gasteiger partial charge on any atom is -0.456 e. The molecular formula is C46H32N4O2. The summed E-state index contributed by atoms with van der Waals surface area (Å²) in [6.45, 7) is 0. The topological polar surface area (TPSA) is 75.3 Å². The number of para-hydroxylation sites is 2. The van der Waals surface area contributed by atoms with Crippen molar-refractivity contribution in [3.63, 3.8) is 0 Å². The van der Waals surface area contributed by atoms with Gasteiger partial charge in [-0.1, -0.05) is 127 Å². The second kappa shape index (κ2) is 11.6. The zero-order valence-corrected chi connectivity index (χ0v) is 28.0. The Morgan fingerprint density at radius 1 is 0.442 bits per heavy atom. The van der Waals surface area contributed by atoms with Crippen molar-refractivity contribution >= 4 is 65.7 Å². The maximum absolute atomic E-state index is 6.48. The van der Waals surface area contributed by atoms with Gasteiger partial charge in [0.1, 0.15) is 16.7 Å². The molecule has 1 aliphatic rings. The van der Waals surface area contributed by atoms with E-state index in [2.05, 4.69) is 143 Å². The van der Waals surface area contributed by atoms with Gasteiger partial charge < -0.3 is 8.83 Å². The molecule has 0 aliphatic carbocycles. The Bertz CT molecular complexity index is 2980. The minimum atomic E-state index is -0.239. The van der Waals surface area contributed by atoms with Gasteiger partial charge in [0.05, 0.1) is 24.0 Å². The van der Waals surface area contributed by atoms with E-state index < -0.39 is 0 Å². The summed E-state index contributed by atoms with van der Waals surface area (Å²) in [5.41, 5.74) is 9.85. The predicted octanol–water partition coefficient (Wildman–Crippen LogP) is 11.0. The van der Waals surface area contributed by atoms with Crippen molar-refractivity contribution in [1.82, 2.24) is 20.9 Å². The summed E-state index contributed by atoms with van der Waals surface area (Å²) in [4.78, 5) is 4.95. The van der Waals surface area contributed by atoms with Crippen molar-refractivity contribution in [3.05, 3.63) is 174 Å². The van der Waals surface area contributed by atoms with E-state index in [4.69, 9.17) is 13.8 Å². The Kier molecular flexibility index (Phi) is 6.57. The quantitative estimate of drug-likeness (QED) is 0.173. The third kappa shape index (κ3) is 4.59. The molecule has 1 saturated heterocycles. The summed E-state index contributed by atoms with van der Waals surface area (Å²) < 4.78 is 12.8. The average Bonchev–Trinajstić information content (AvgIpc) is 3.78. The molecule has 10 aromatic rings. The third-order valence-electron chi connectivity index (χ3n) is 10.6. The lowest BCUT2D eigenvalue weighted by molar-refractivity contribution is 0.204. The zero-order chi connectivity index (χ0) is 34.2. The van der Waals surface area contributed by atoms with Gasteiger partial charge in [-0.2, -0.15) is 0 Å². The summed E-state index contributed by atoms with van der Waals surface area (Å²) >= 11 is 0. The van der Waals surface area contributed by atoms with Crippen LogP contribution in [0.1, 0.15) is 35.2 Å². The van der Waals surface area contributed by atoms with E-state index in [0.29, 0.717) is 5.71 Å². The first-order valence-electron chi connectivity index (χ1n) is 17.7. The van der Waals surface area contributed by atoms with Crippen LogP contribution in [0.4, 0.5) is 0 Å². The maximum atomic E-state index is 6.48. The lowest BCUT2D eigenvalue weighted by atomic mass is 9.88. The molecule has 1 aliphatic heterocycles. The number of hydrogen-bond acceptors (Lipinski definition) is 6. The van der Waals surface area contributed by atoms with Gasteiger partial charge in [0.2, 0.25) is 5.71 Å². The number of furan rings is 2. The van der Waals surface area contributed by atoms with Crippen molar-refractivity contribution < 1.29 is 8.83 Å². The summed E-state index contributed by atoms with van der Waals surface area (Å²) in [7, 11) is 0. The average molecular weight is 673 g/mol. The van der Waals surface area contributed by atoms with Crippen LogP contribution in [0.2, 0.25) is 0 Å². The van der Waals surface area contributed by atoms with Crippen molar-refractivity contribution in [3.8, 4) is 11.1 Å². The number of pyridine rings is 1. The summed E-state index contributed by atoms with van der Waals surface area (Å²) in [6, 6.07) is 55.2. The van der Waals surface area contributed by atoms with Crippen LogP contribution in [0.5, 0.6) is 0 Å². The molecule has 3 N–H and O–H groups in total.